The Hall–Kier alpha value is -2.95. The van der Waals surface area contributed by atoms with Crippen LogP contribution in [-0.4, -0.2) is 20.9 Å². The van der Waals surface area contributed by atoms with Gasteiger partial charge in [-0.25, -0.2) is 0 Å². The van der Waals surface area contributed by atoms with Gasteiger partial charge >= 0.3 is 9.43 Å². The molecular formula is C29H32OPSi+. The first-order chi connectivity index (χ1) is 15.8. The average molecular weight is 456 g/mol. The third-order valence-electron chi connectivity index (χ3n) is 4.47. The van der Waals surface area contributed by atoms with E-state index in [1.54, 1.807) is 0 Å². The Morgan fingerprint density at radius 2 is 0.844 bits per heavy atom. The van der Waals surface area contributed by atoms with Crippen molar-refractivity contribution in [2.75, 3.05) is 6.66 Å². The fourth-order valence-corrected chi connectivity index (χ4v) is 2.77. The third-order valence-corrected chi connectivity index (χ3v) is 5.93. The Kier molecular flexibility index (Phi) is 13.2. The molecular weight excluding hydrogens is 423 g/mol. The van der Waals surface area contributed by atoms with Crippen molar-refractivity contribution in [3.63, 3.8) is 0 Å². The molecule has 0 heterocycles. The first-order valence-electron chi connectivity index (χ1n) is 10.9. The lowest BCUT2D eigenvalue weighted by atomic mass is 10.0. The van der Waals surface area contributed by atoms with Crippen molar-refractivity contribution in [3.8, 4) is 11.8 Å². The fourth-order valence-electron chi connectivity index (χ4n) is 2.77. The van der Waals surface area contributed by atoms with Crippen molar-refractivity contribution in [2.24, 2.45) is 0 Å². The van der Waals surface area contributed by atoms with E-state index in [-0.39, 0.29) is 0 Å². The summed E-state index contributed by atoms with van der Waals surface area (Å²) >= 11 is 0. The fraction of sp³-hybridized carbons (Fsp3) is 0.103. The van der Waals surface area contributed by atoms with Crippen LogP contribution in [0.25, 0.3) is 0 Å². The van der Waals surface area contributed by atoms with Gasteiger partial charge in [0.25, 0.3) is 0 Å². The van der Waals surface area contributed by atoms with Crippen LogP contribution in [0.5, 0.6) is 0 Å². The highest BCUT2D eigenvalue weighted by atomic mass is 31.3. The van der Waals surface area contributed by atoms with Gasteiger partial charge in [0.2, 0.25) is 0 Å². The summed E-state index contributed by atoms with van der Waals surface area (Å²) < 4.78 is 0. The Balaban J connectivity index is 0.000000195. The predicted octanol–water partition coefficient (Wildman–Crippen LogP) is 5.58. The molecule has 0 saturated carbocycles. The third kappa shape index (κ3) is 11.4. The molecule has 1 nitrogen and oxygen atoms in total. The summed E-state index contributed by atoms with van der Waals surface area (Å²) in [7, 11) is -0.0154. The molecule has 0 aliphatic heterocycles. The van der Waals surface area contributed by atoms with E-state index in [9.17, 15) is 0 Å². The Labute approximate surface area is 197 Å². The number of aryl methyl sites for hydroxylation is 2. The maximum absolute atomic E-state index is 8.05. The van der Waals surface area contributed by atoms with Gasteiger partial charge in [-0.3, -0.25) is 0 Å². The molecule has 0 spiro atoms. The van der Waals surface area contributed by atoms with Gasteiger partial charge in [0.15, 0.2) is 0 Å². The van der Waals surface area contributed by atoms with E-state index in [1.165, 1.54) is 11.1 Å². The second-order valence-corrected chi connectivity index (χ2v) is 11.8. The van der Waals surface area contributed by atoms with Crippen molar-refractivity contribution in [1.82, 2.24) is 0 Å². The van der Waals surface area contributed by atoms with Crippen LogP contribution in [0.1, 0.15) is 22.3 Å². The number of benzene rings is 4. The van der Waals surface area contributed by atoms with Crippen molar-refractivity contribution < 1.29 is 4.80 Å². The highest BCUT2D eigenvalue weighted by Crippen LogP contribution is 2.06. The molecule has 0 aromatic heterocycles. The zero-order valence-corrected chi connectivity index (χ0v) is 21.3. The van der Waals surface area contributed by atoms with Crippen LogP contribution in [0, 0.1) is 11.8 Å². The lowest BCUT2D eigenvalue weighted by molar-refractivity contribution is 0.622. The number of hydrogen-bond acceptors (Lipinski definition) is 1. The van der Waals surface area contributed by atoms with Crippen molar-refractivity contribution in [1.29, 1.82) is 0 Å². The molecule has 1 atom stereocenters. The van der Waals surface area contributed by atoms with Crippen LogP contribution in [0.4, 0.5) is 0 Å². The minimum absolute atomic E-state index is 0.477. The van der Waals surface area contributed by atoms with Gasteiger partial charge in [-0.15, -0.1) is 0 Å². The molecule has 4 rings (SSSR count). The van der Waals surface area contributed by atoms with Crippen LogP contribution in [0.15, 0.2) is 121 Å². The summed E-state index contributed by atoms with van der Waals surface area (Å²) in [5.41, 5.74) is 4.93. The molecule has 32 heavy (non-hydrogen) atoms. The zero-order chi connectivity index (χ0) is 22.7. The summed E-state index contributed by atoms with van der Waals surface area (Å²) in [6.45, 7) is 2.08. The predicted molar refractivity (Wildman–Crippen MR) is 146 cm³/mol. The molecule has 0 radical (unpaired) electrons. The monoisotopic (exact) mass is 455 g/mol. The van der Waals surface area contributed by atoms with Crippen molar-refractivity contribution >= 4 is 17.6 Å². The van der Waals surface area contributed by atoms with Crippen LogP contribution < -0.4 is 0 Å². The topological polar surface area (TPSA) is 20.2 Å². The lowest BCUT2D eigenvalue weighted by Crippen LogP contribution is -1.89. The van der Waals surface area contributed by atoms with Crippen molar-refractivity contribution in [2.45, 2.75) is 12.8 Å². The first kappa shape index (κ1) is 25.3. The van der Waals surface area contributed by atoms with Crippen LogP contribution in [0.2, 0.25) is 0 Å². The van der Waals surface area contributed by atoms with E-state index in [4.69, 9.17) is 4.80 Å². The number of rotatable bonds is 4. The second kappa shape index (κ2) is 16.7. The molecule has 0 amide bonds. The average Bonchev–Trinajstić information content (AvgIpc) is 2.89. The van der Waals surface area contributed by atoms with E-state index < -0.39 is 9.43 Å². The molecule has 1 unspecified atom stereocenters. The van der Waals surface area contributed by atoms with E-state index in [0.717, 1.165) is 24.0 Å². The van der Waals surface area contributed by atoms with Crippen LogP contribution in [0.3, 0.4) is 0 Å². The van der Waals surface area contributed by atoms with E-state index in [1.807, 2.05) is 60.7 Å². The van der Waals surface area contributed by atoms with Gasteiger partial charge in [-0.2, -0.15) is 0 Å². The standard InChI is InChI=1S/C14H14.C14H10.CH7OPSi/c2*1-3-7-13(8-4-1)11-12-14-9-5-2-6-10-14;1-3-4-2/h1-10H,11-12H2;1-10H;2-3H,4H2,1H3/p+1. The van der Waals surface area contributed by atoms with E-state index in [0.29, 0.717) is 8.13 Å². The Morgan fingerprint density at radius 1 is 0.562 bits per heavy atom. The lowest BCUT2D eigenvalue weighted by Gasteiger charge is -2.01. The molecule has 0 bridgehead atoms. The van der Waals surface area contributed by atoms with Crippen molar-refractivity contribution in [3.05, 3.63) is 144 Å². The number of hydrogen-bond donors (Lipinski definition) is 1. The van der Waals surface area contributed by atoms with Gasteiger partial charge in [0.1, 0.15) is 0 Å². The molecule has 4 aromatic rings. The second-order valence-electron chi connectivity index (χ2n) is 7.04. The van der Waals surface area contributed by atoms with Gasteiger partial charge in [-0.1, -0.05) is 109 Å². The summed E-state index contributed by atoms with van der Waals surface area (Å²) in [5, 5.41) is 0. The van der Waals surface area contributed by atoms with E-state index in [2.05, 4.69) is 79.2 Å². The molecule has 162 valence electrons. The first-order valence-corrected chi connectivity index (χ1v) is 16.0. The summed E-state index contributed by atoms with van der Waals surface area (Å²) in [5.74, 6) is 6.22. The zero-order valence-electron chi connectivity index (χ0n) is 18.7. The molecule has 0 aliphatic carbocycles. The summed E-state index contributed by atoms with van der Waals surface area (Å²) in [4.78, 5) is 8.05. The minimum atomic E-state index is -0.492. The highest BCUT2D eigenvalue weighted by molar-refractivity contribution is 7.68. The smallest absolute Gasteiger partial charge is 0.333 e. The van der Waals surface area contributed by atoms with Crippen LogP contribution in [-0.2, 0) is 12.8 Å². The molecule has 1 N–H and O–H groups in total. The summed E-state index contributed by atoms with van der Waals surface area (Å²) in [6.07, 6.45) is 2.26. The molecule has 0 fully saturated rings. The highest BCUT2D eigenvalue weighted by Gasteiger charge is 1.93. The normalized spacial score (nSPS) is 9.94. The van der Waals surface area contributed by atoms with E-state index >= 15 is 0 Å². The van der Waals surface area contributed by atoms with Gasteiger partial charge < -0.3 is 4.80 Å². The molecule has 0 saturated heterocycles. The SMILES string of the molecule is C(#Cc1ccccc1)c1ccccc1.C[PH2+][SiH2]O.c1ccc(CCc2ccccc2)cc1. The quantitative estimate of drug-likeness (QED) is 0.242. The maximum atomic E-state index is 8.05. The molecule has 4 aromatic carbocycles. The van der Waals surface area contributed by atoms with Gasteiger partial charge in [0, 0.05) is 17.8 Å². The van der Waals surface area contributed by atoms with Gasteiger partial charge in [-0.05, 0) is 56.4 Å². The Bertz CT molecular complexity index is 942. The minimum Gasteiger partial charge on any atom is -0.406 e. The summed E-state index contributed by atoms with van der Waals surface area (Å²) in [6, 6.07) is 41.3. The molecule has 3 heteroatoms. The maximum Gasteiger partial charge on any atom is 0.333 e. The molecule has 0 aliphatic rings. The largest absolute Gasteiger partial charge is 0.406 e. The van der Waals surface area contributed by atoms with Crippen LogP contribution >= 0.6 is 8.13 Å². The van der Waals surface area contributed by atoms with Gasteiger partial charge in [0.05, 0.1) is 0 Å². The Morgan fingerprint density at radius 3 is 1.12 bits per heavy atom.